The molecule has 7 nitrogen and oxygen atoms in total. The number of likely N-dealkylation sites (N-methyl/N-ethyl adjacent to an activating group) is 1. The van der Waals surface area contributed by atoms with E-state index in [-0.39, 0.29) is 10.9 Å². The van der Waals surface area contributed by atoms with Gasteiger partial charge in [0.05, 0.1) is 0 Å². The van der Waals surface area contributed by atoms with Gasteiger partial charge in [-0.05, 0) is 47.7 Å². The van der Waals surface area contributed by atoms with Crippen LogP contribution in [-0.2, 0) is 21.4 Å². The van der Waals surface area contributed by atoms with E-state index in [0.29, 0.717) is 18.2 Å². The third-order valence-electron chi connectivity index (χ3n) is 6.19. The number of carboxylic acid groups (broad SMARTS) is 2. The van der Waals surface area contributed by atoms with Gasteiger partial charge in [0.15, 0.2) is 0 Å². The predicted molar refractivity (Wildman–Crippen MR) is 139 cm³/mol. The number of hydrogen-bond acceptors (Lipinski definition) is 5. The normalized spacial score (nSPS) is 18.3. The van der Waals surface area contributed by atoms with Crippen LogP contribution in [0.3, 0.4) is 0 Å². The molecule has 0 radical (unpaired) electrons. The van der Waals surface area contributed by atoms with Gasteiger partial charge in [-0.2, -0.15) is 0 Å². The summed E-state index contributed by atoms with van der Waals surface area (Å²) in [5, 5.41) is 15.6. The lowest BCUT2D eigenvalue weighted by Gasteiger charge is -2.38. The number of carbonyl (C=O) groups is 2. The summed E-state index contributed by atoms with van der Waals surface area (Å²) in [6.45, 7) is 11.6. The van der Waals surface area contributed by atoms with Crippen molar-refractivity contribution < 1.29 is 25.3 Å². The number of fused-ring (bicyclic) bond motifs is 2. The maximum atomic E-state index is 9.55. The van der Waals surface area contributed by atoms with Gasteiger partial charge in [0.25, 0.3) is 0 Å². The zero-order valence-corrected chi connectivity index (χ0v) is 21.6. The molecule has 2 aromatic carbocycles. The lowest BCUT2D eigenvalue weighted by molar-refractivity contribution is -0.134. The molecule has 1 saturated heterocycles. The van der Waals surface area contributed by atoms with Gasteiger partial charge in [-0.1, -0.05) is 62.9 Å². The lowest BCUT2D eigenvalue weighted by atomic mass is 9.84. The Hall–Kier alpha value is -2.65. The minimum atomic E-state index is -1.26. The molecule has 0 bridgehead atoms. The third-order valence-corrected chi connectivity index (χ3v) is 7.40. The molecule has 0 aromatic heterocycles. The van der Waals surface area contributed by atoms with Crippen LogP contribution in [0.25, 0.3) is 0 Å². The summed E-state index contributed by atoms with van der Waals surface area (Å²) in [7, 11) is 2.24. The highest BCUT2D eigenvalue weighted by molar-refractivity contribution is 7.99. The van der Waals surface area contributed by atoms with Crippen LogP contribution >= 0.6 is 11.8 Å². The van der Waals surface area contributed by atoms with E-state index in [4.69, 9.17) is 10.2 Å². The van der Waals surface area contributed by atoms with Crippen LogP contribution in [0.2, 0.25) is 0 Å². The zero-order chi connectivity index (χ0) is 24.9. The summed E-state index contributed by atoms with van der Waals surface area (Å²) in [6.07, 6.45) is 2.23. The minimum Gasteiger partial charge on any atom is -0.478 e. The van der Waals surface area contributed by atoms with Gasteiger partial charge >= 0.3 is 11.9 Å². The molecular weight excluding hydrogens is 464 g/mol. The van der Waals surface area contributed by atoms with Gasteiger partial charge in [0, 0.05) is 54.2 Å². The molecular formula is C27H36N2O5S. The number of piperazine rings is 1. The molecule has 0 spiro atoms. The molecule has 8 heteroatoms. The van der Waals surface area contributed by atoms with Gasteiger partial charge in [0.2, 0.25) is 0 Å². The summed E-state index contributed by atoms with van der Waals surface area (Å²) in [6, 6.07) is 16.7. The van der Waals surface area contributed by atoms with E-state index in [1.807, 2.05) is 11.8 Å². The second-order valence-corrected chi connectivity index (χ2v) is 10.9. The number of carboxylic acids is 2. The second-order valence-electron chi connectivity index (χ2n) is 9.78. The van der Waals surface area contributed by atoms with E-state index >= 15 is 0 Å². The summed E-state index contributed by atoms with van der Waals surface area (Å²) >= 11 is 1.95. The molecule has 1 unspecified atom stereocenters. The van der Waals surface area contributed by atoms with Crippen molar-refractivity contribution in [3.63, 3.8) is 0 Å². The van der Waals surface area contributed by atoms with Crippen LogP contribution in [0.5, 0.6) is 0 Å². The summed E-state index contributed by atoms with van der Waals surface area (Å²) in [5.41, 5.74) is 4.66. The van der Waals surface area contributed by atoms with E-state index in [9.17, 15) is 9.59 Å². The van der Waals surface area contributed by atoms with Crippen LogP contribution in [0.4, 0.5) is 0 Å². The van der Waals surface area contributed by atoms with E-state index in [0.717, 1.165) is 19.5 Å². The van der Waals surface area contributed by atoms with Gasteiger partial charge in [-0.3, -0.25) is 4.90 Å². The van der Waals surface area contributed by atoms with Gasteiger partial charge < -0.3 is 20.6 Å². The molecule has 2 aliphatic heterocycles. The molecule has 0 amide bonds. The molecule has 0 saturated carbocycles. The molecule has 4 rings (SSSR count). The summed E-state index contributed by atoms with van der Waals surface area (Å²) in [4.78, 5) is 27.1. The first-order valence-corrected chi connectivity index (χ1v) is 12.3. The first-order valence-electron chi connectivity index (χ1n) is 11.5. The minimum absolute atomic E-state index is 0. The monoisotopic (exact) mass is 500 g/mol. The fraction of sp³-hybridized carbons (Fsp3) is 0.407. The second kappa shape index (κ2) is 12.4. The molecule has 0 aliphatic carbocycles. The van der Waals surface area contributed by atoms with Crippen LogP contribution in [-0.4, -0.2) is 70.7 Å². The van der Waals surface area contributed by atoms with Crippen LogP contribution < -0.4 is 0 Å². The third kappa shape index (κ3) is 7.93. The standard InChI is InChI=1S/C23H30N2S.C4H4O4.H2O/c1-23(2,3)18-9-10-22-19(16-18)20(25-13-11-24(4)12-14-25)15-17-7-5-6-8-21(17)26-22;5-3(6)1-2-4(7)8;/h5-10,16,20H,11-15H2,1-4H3;1-2H,(H,5,6)(H,7,8);1H2/b;2-1-;. The van der Waals surface area contributed by atoms with Crippen molar-refractivity contribution >= 4 is 23.7 Å². The number of benzene rings is 2. The number of hydrogen-bond donors (Lipinski definition) is 2. The molecule has 4 N–H and O–H groups in total. The Labute approximate surface area is 211 Å². The van der Waals surface area contributed by atoms with Gasteiger partial charge in [0.1, 0.15) is 0 Å². The maximum absolute atomic E-state index is 9.55. The maximum Gasteiger partial charge on any atom is 0.328 e. The summed E-state index contributed by atoms with van der Waals surface area (Å²) in [5.74, 6) is -2.51. The van der Waals surface area contributed by atoms with Crippen molar-refractivity contribution in [2.75, 3.05) is 33.2 Å². The van der Waals surface area contributed by atoms with E-state index in [1.54, 1.807) is 0 Å². The van der Waals surface area contributed by atoms with Crippen molar-refractivity contribution in [1.82, 2.24) is 9.80 Å². The summed E-state index contributed by atoms with van der Waals surface area (Å²) < 4.78 is 0. The largest absolute Gasteiger partial charge is 0.478 e. The number of aliphatic carboxylic acids is 2. The van der Waals surface area contributed by atoms with Crippen molar-refractivity contribution in [2.45, 2.75) is 48.4 Å². The molecule has 1 fully saturated rings. The number of nitrogens with zero attached hydrogens (tertiary/aromatic N) is 2. The Bertz CT molecular complexity index is 1040. The van der Waals surface area contributed by atoms with Crippen molar-refractivity contribution in [3.05, 3.63) is 71.3 Å². The SMILES string of the molecule is CN1CCN(C2Cc3ccccc3Sc3ccc(C(C)(C)C)cc32)CC1.O.O=C(O)/C=C\C(=O)O. The Morgan fingerprint density at radius 2 is 1.54 bits per heavy atom. The van der Waals surface area contributed by atoms with Crippen LogP contribution in [0.15, 0.2) is 64.4 Å². The molecule has 2 aliphatic rings. The highest BCUT2D eigenvalue weighted by Gasteiger charge is 2.30. The lowest BCUT2D eigenvalue weighted by Crippen LogP contribution is -2.46. The highest BCUT2D eigenvalue weighted by atomic mass is 32.2. The molecule has 2 heterocycles. The first kappa shape index (κ1) is 28.6. The Morgan fingerprint density at radius 3 is 2.11 bits per heavy atom. The van der Waals surface area contributed by atoms with Gasteiger partial charge in [-0.25, -0.2) is 9.59 Å². The van der Waals surface area contributed by atoms with Crippen LogP contribution in [0, 0.1) is 0 Å². The smallest absolute Gasteiger partial charge is 0.328 e. The topological polar surface area (TPSA) is 113 Å². The predicted octanol–water partition coefficient (Wildman–Crippen LogP) is 3.87. The quantitative estimate of drug-likeness (QED) is 0.615. The fourth-order valence-electron chi connectivity index (χ4n) is 4.18. The molecule has 35 heavy (non-hydrogen) atoms. The fourth-order valence-corrected chi connectivity index (χ4v) is 5.29. The van der Waals surface area contributed by atoms with E-state index < -0.39 is 11.9 Å². The Balaban J connectivity index is 0.000000418. The molecule has 190 valence electrons. The number of rotatable bonds is 3. The average molecular weight is 501 g/mol. The Morgan fingerprint density at radius 1 is 0.943 bits per heavy atom. The van der Waals surface area contributed by atoms with Crippen LogP contribution in [0.1, 0.15) is 43.5 Å². The average Bonchev–Trinajstić information content (AvgIpc) is 2.94. The van der Waals surface area contributed by atoms with E-state index in [2.05, 4.69) is 80.1 Å². The highest BCUT2D eigenvalue weighted by Crippen LogP contribution is 2.44. The Kier molecular flexibility index (Phi) is 10.1. The van der Waals surface area contributed by atoms with Crippen molar-refractivity contribution in [2.24, 2.45) is 0 Å². The first-order chi connectivity index (χ1) is 16.0. The molecule has 1 atom stereocenters. The van der Waals surface area contributed by atoms with E-state index in [1.165, 1.54) is 39.6 Å². The van der Waals surface area contributed by atoms with Gasteiger partial charge in [-0.15, -0.1) is 0 Å². The van der Waals surface area contributed by atoms with Crippen molar-refractivity contribution in [1.29, 1.82) is 0 Å². The molecule has 2 aromatic rings. The zero-order valence-electron chi connectivity index (χ0n) is 20.8. The van der Waals surface area contributed by atoms with Crippen molar-refractivity contribution in [3.8, 4) is 0 Å².